The lowest BCUT2D eigenvalue weighted by Gasteiger charge is -2.23. The van der Waals surface area contributed by atoms with Crippen LogP contribution in [0.25, 0.3) is 0 Å². The maximum atomic E-state index is 4.67. The van der Waals surface area contributed by atoms with E-state index in [-0.39, 0.29) is 0 Å². The Morgan fingerprint density at radius 2 is 0.909 bits per heavy atom. The van der Waals surface area contributed by atoms with Gasteiger partial charge in [-0.1, -0.05) is 39.0 Å². The zero-order valence-corrected chi connectivity index (χ0v) is 20.5. The van der Waals surface area contributed by atoms with E-state index in [2.05, 4.69) is 101 Å². The van der Waals surface area contributed by atoms with Crippen LogP contribution >= 0.6 is 0 Å². The van der Waals surface area contributed by atoms with Gasteiger partial charge in [0.15, 0.2) is 0 Å². The molecule has 0 spiro atoms. The molecule has 3 rings (SSSR count). The molecule has 0 N–H and O–H groups in total. The summed E-state index contributed by atoms with van der Waals surface area (Å²) in [5.74, 6) is 0. The summed E-state index contributed by atoms with van der Waals surface area (Å²) in [7, 11) is 0. The smallest absolute Gasteiger partial charge is 0.0601 e. The van der Waals surface area contributed by atoms with E-state index in [1.807, 2.05) is 18.6 Å². The van der Waals surface area contributed by atoms with E-state index >= 15 is 0 Å². The van der Waals surface area contributed by atoms with E-state index in [0.717, 1.165) is 62.5 Å². The van der Waals surface area contributed by atoms with E-state index < -0.39 is 0 Å². The Balaban J connectivity index is 1.73. The molecule has 174 valence electrons. The van der Waals surface area contributed by atoms with Crippen LogP contribution in [-0.2, 0) is 38.9 Å². The minimum Gasteiger partial charge on any atom is -0.371 e. The van der Waals surface area contributed by atoms with Crippen molar-refractivity contribution in [2.24, 2.45) is 0 Å². The Morgan fingerprint density at radius 1 is 0.545 bits per heavy atom. The quantitative estimate of drug-likeness (QED) is 0.367. The van der Waals surface area contributed by atoms with Crippen LogP contribution in [0.3, 0.4) is 0 Å². The van der Waals surface area contributed by atoms with Crippen molar-refractivity contribution in [2.45, 2.75) is 66.6 Å². The lowest BCUT2D eigenvalue weighted by atomic mass is 10.2. The number of nitrogens with zero attached hydrogens (tertiary/aromatic N) is 5. The number of pyridine rings is 3. The van der Waals surface area contributed by atoms with Gasteiger partial charge in [0.05, 0.1) is 36.7 Å². The normalized spacial score (nSPS) is 11.2. The second-order valence-electron chi connectivity index (χ2n) is 8.30. The summed E-state index contributed by atoms with van der Waals surface area (Å²) in [4.78, 5) is 18.5. The van der Waals surface area contributed by atoms with Gasteiger partial charge in [0.1, 0.15) is 0 Å². The molecule has 3 heterocycles. The van der Waals surface area contributed by atoms with Crippen molar-refractivity contribution in [3.05, 3.63) is 101 Å². The number of hydrogen-bond acceptors (Lipinski definition) is 5. The molecule has 0 unspecified atom stereocenters. The summed E-state index contributed by atoms with van der Waals surface area (Å²) in [5, 5.41) is 0. The highest BCUT2D eigenvalue weighted by molar-refractivity contribution is 5.17. The molecule has 0 aliphatic rings. The van der Waals surface area contributed by atoms with Gasteiger partial charge in [0, 0.05) is 37.5 Å². The highest BCUT2D eigenvalue weighted by Crippen LogP contribution is 2.12. The lowest BCUT2D eigenvalue weighted by Crippen LogP contribution is -2.22. The van der Waals surface area contributed by atoms with Crippen molar-refractivity contribution in [1.82, 2.24) is 24.8 Å². The van der Waals surface area contributed by atoms with Crippen LogP contribution in [-0.4, -0.2) is 31.3 Å². The summed E-state index contributed by atoms with van der Waals surface area (Å²) in [5.41, 5.74) is 6.99. The third-order valence-electron chi connectivity index (χ3n) is 5.87. The molecule has 3 aromatic rings. The van der Waals surface area contributed by atoms with Crippen molar-refractivity contribution >= 4 is 0 Å². The van der Waals surface area contributed by atoms with Crippen LogP contribution in [0.1, 0.15) is 61.5 Å². The molecule has 0 radical (unpaired) electrons. The van der Waals surface area contributed by atoms with E-state index in [4.69, 9.17) is 0 Å². The molecule has 0 aromatic carbocycles. The Labute approximate surface area is 199 Å². The largest absolute Gasteiger partial charge is 0.371 e. The molecule has 0 aliphatic heterocycles. The van der Waals surface area contributed by atoms with Crippen LogP contribution in [0.2, 0.25) is 0 Å². The summed E-state index contributed by atoms with van der Waals surface area (Å²) >= 11 is 0. The van der Waals surface area contributed by atoms with Gasteiger partial charge in [-0.15, -0.1) is 0 Å². The van der Waals surface area contributed by atoms with Crippen LogP contribution in [0.5, 0.6) is 0 Å². The number of hydrogen-bond donors (Lipinski definition) is 0. The second kappa shape index (κ2) is 12.7. The Hall–Kier alpha value is -3.21. The first-order valence-electron chi connectivity index (χ1n) is 12.1. The molecule has 0 bridgehead atoms. The van der Waals surface area contributed by atoms with Crippen LogP contribution in [0.4, 0.5) is 0 Å². The van der Waals surface area contributed by atoms with Gasteiger partial charge in [0.25, 0.3) is 0 Å². The predicted octanol–water partition coefficient (Wildman–Crippen LogP) is 5.55. The maximum absolute atomic E-state index is 4.67. The molecule has 5 nitrogen and oxygen atoms in total. The molecule has 33 heavy (non-hydrogen) atoms. The third kappa shape index (κ3) is 7.70. The summed E-state index contributed by atoms with van der Waals surface area (Å²) in [6.45, 7) is 11.8. The van der Waals surface area contributed by atoms with Crippen molar-refractivity contribution in [3.63, 3.8) is 0 Å². The van der Waals surface area contributed by atoms with Gasteiger partial charge in [-0.2, -0.15) is 0 Å². The monoisotopic (exact) mass is 443 g/mol. The standard InChI is InChI=1S/C28H37N5/c1-5-23-9-12-26(29-17-23)20-32(8-4)15-16-33(21-27-13-10-24(6-2)18-30-27)22-28-14-11-25(7-3)19-31-28/h9-19H,5-8,20-22H2,1-4H3. The van der Waals surface area contributed by atoms with E-state index in [9.17, 15) is 0 Å². The van der Waals surface area contributed by atoms with Crippen molar-refractivity contribution < 1.29 is 0 Å². The summed E-state index contributed by atoms with van der Waals surface area (Å²) < 4.78 is 0. The topological polar surface area (TPSA) is 45.2 Å². The Kier molecular flexibility index (Phi) is 9.43. The van der Waals surface area contributed by atoms with Crippen LogP contribution < -0.4 is 0 Å². The van der Waals surface area contributed by atoms with Gasteiger partial charge in [0.2, 0.25) is 0 Å². The maximum Gasteiger partial charge on any atom is 0.0601 e. The molecule has 0 saturated heterocycles. The molecule has 0 aliphatic carbocycles. The van der Waals surface area contributed by atoms with E-state index in [1.54, 1.807) is 0 Å². The van der Waals surface area contributed by atoms with Crippen molar-refractivity contribution in [2.75, 3.05) is 6.54 Å². The zero-order valence-electron chi connectivity index (χ0n) is 20.5. The predicted molar refractivity (Wildman–Crippen MR) is 135 cm³/mol. The number of aryl methyl sites for hydroxylation is 3. The van der Waals surface area contributed by atoms with Crippen LogP contribution in [0, 0.1) is 0 Å². The first-order chi connectivity index (χ1) is 16.1. The van der Waals surface area contributed by atoms with Crippen LogP contribution in [0.15, 0.2) is 67.4 Å². The zero-order chi connectivity index (χ0) is 23.5. The molecular weight excluding hydrogens is 406 g/mol. The van der Waals surface area contributed by atoms with Gasteiger partial charge in [-0.05, 0) is 61.1 Å². The molecular formula is C28H37N5. The fraction of sp³-hybridized carbons (Fsp3) is 0.393. The molecule has 0 atom stereocenters. The highest BCUT2D eigenvalue weighted by Gasteiger charge is 2.07. The highest BCUT2D eigenvalue weighted by atomic mass is 15.2. The first-order valence-corrected chi connectivity index (χ1v) is 12.1. The van der Waals surface area contributed by atoms with Gasteiger partial charge in [-0.25, -0.2) is 0 Å². The van der Waals surface area contributed by atoms with Gasteiger partial charge < -0.3 is 9.80 Å². The Bertz CT molecular complexity index is 929. The summed E-state index contributed by atoms with van der Waals surface area (Å²) in [6.07, 6.45) is 13.3. The third-order valence-corrected chi connectivity index (χ3v) is 5.87. The molecule has 0 fully saturated rings. The SMILES string of the molecule is CCc1ccc(CN(C=CN(Cc2ccc(CC)cn2)Cc2ccc(CC)cn2)CC)nc1. The first kappa shape index (κ1) is 24.4. The lowest BCUT2D eigenvalue weighted by molar-refractivity contribution is 0.328. The average Bonchev–Trinajstić information content (AvgIpc) is 2.87. The van der Waals surface area contributed by atoms with Crippen molar-refractivity contribution in [1.29, 1.82) is 0 Å². The Morgan fingerprint density at radius 3 is 1.21 bits per heavy atom. The van der Waals surface area contributed by atoms with Gasteiger partial charge >= 0.3 is 0 Å². The van der Waals surface area contributed by atoms with Crippen molar-refractivity contribution in [3.8, 4) is 0 Å². The average molecular weight is 444 g/mol. The summed E-state index contributed by atoms with van der Waals surface area (Å²) in [6, 6.07) is 12.9. The second-order valence-corrected chi connectivity index (χ2v) is 8.30. The molecule has 0 saturated carbocycles. The molecule has 3 aromatic heterocycles. The van der Waals surface area contributed by atoms with Gasteiger partial charge in [-0.3, -0.25) is 15.0 Å². The molecule has 5 heteroatoms. The minimum atomic E-state index is 0.735. The van der Waals surface area contributed by atoms with E-state index in [0.29, 0.717) is 0 Å². The van der Waals surface area contributed by atoms with E-state index in [1.165, 1.54) is 16.7 Å². The number of rotatable bonds is 12. The number of aromatic nitrogens is 3. The minimum absolute atomic E-state index is 0.735. The molecule has 0 amide bonds. The fourth-order valence-electron chi connectivity index (χ4n) is 3.52. The fourth-order valence-corrected chi connectivity index (χ4v) is 3.52.